The first-order valence-corrected chi connectivity index (χ1v) is 6.32. The summed E-state index contributed by atoms with van der Waals surface area (Å²) < 4.78 is 11.4. The zero-order valence-corrected chi connectivity index (χ0v) is 10.7. The first kappa shape index (κ1) is 11.9. The van der Waals surface area contributed by atoms with Crippen molar-refractivity contribution >= 4 is 0 Å². The van der Waals surface area contributed by atoms with E-state index < -0.39 is 0 Å². The number of hydrogen-bond donors (Lipinski definition) is 0. The Labute approximate surface area is 98.4 Å². The lowest BCUT2D eigenvalue weighted by atomic mass is 10.0. The van der Waals surface area contributed by atoms with E-state index >= 15 is 0 Å². The molecule has 0 bridgehead atoms. The maximum absolute atomic E-state index is 5.78. The van der Waals surface area contributed by atoms with Crippen LogP contribution in [0.2, 0.25) is 0 Å². The zero-order chi connectivity index (χ0) is 11.5. The van der Waals surface area contributed by atoms with Gasteiger partial charge in [0.2, 0.25) is 0 Å². The van der Waals surface area contributed by atoms with Crippen LogP contribution in [0, 0.1) is 5.92 Å². The SMILES string of the molecule is CC1=C(C(C)C)COCC2COCCCN12. The maximum Gasteiger partial charge on any atom is 0.0754 e. The van der Waals surface area contributed by atoms with E-state index in [4.69, 9.17) is 9.47 Å². The van der Waals surface area contributed by atoms with Gasteiger partial charge in [-0.2, -0.15) is 0 Å². The molecule has 1 unspecified atom stereocenters. The van der Waals surface area contributed by atoms with Crippen molar-refractivity contribution in [3.05, 3.63) is 11.3 Å². The molecule has 1 atom stereocenters. The number of nitrogens with zero attached hydrogens (tertiary/aromatic N) is 1. The fraction of sp³-hybridized carbons (Fsp3) is 0.846. The van der Waals surface area contributed by atoms with E-state index in [1.54, 1.807) is 0 Å². The summed E-state index contributed by atoms with van der Waals surface area (Å²) in [7, 11) is 0. The average Bonchev–Trinajstić information content (AvgIpc) is 2.54. The molecule has 0 aromatic heterocycles. The molecule has 2 aliphatic heterocycles. The third-order valence-corrected chi connectivity index (χ3v) is 3.60. The predicted octanol–water partition coefficient (Wildman–Crippen LogP) is 2.04. The molecular weight excluding hydrogens is 202 g/mol. The van der Waals surface area contributed by atoms with Crippen molar-refractivity contribution in [2.75, 3.05) is 33.0 Å². The van der Waals surface area contributed by atoms with Gasteiger partial charge in [-0.15, -0.1) is 0 Å². The van der Waals surface area contributed by atoms with Crippen LogP contribution >= 0.6 is 0 Å². The molecule has 1 fully saturated rings. The standard InChI is InChI=1S/C13H23NO2/c1-10(2)13-9-16-8-12-7-15-6-4-5-14(12)11(13)3/h10,12H,4-9H2,1-3H3. The highest BCUT2D eigenvalue weighted by atomic mass is 16.5. The van der Waals surface area contributed by atoms with Crippen LogP contribution in [0.15, 0.2) is 11.3 Å². The normalized spacial score (nSPS) is 27.8. The van der Waals surface area contributed by atoms with Crippen molar-refractivity contribution < 1.29 is 9.47 Å². The number of ether oxygens (including phenoxy) is 2. The van der Waals surface area contributed by atoms with Gasteiger partial charge in [0.25, 0.3) is 0 Å². The molecular formula is C13H23NO2. The minimum absolute atomic E-state index is 0.416. The lowest BCUT2D eigenvalue weighted by Gasteiger charge is -2.31. The summed E-state index contributed by atoms with van der Waals surface area (Å²) in [6.45, 7) is 11.1. The van der Waals surface area contributed by atoms with Gasteiger partial charge in [0, 0.05) is 18.8 Å². The maximum atomic E-state index is 5.78. The highest BCUT2D eigenvalue weighted by molar-refractivity contribution is 5.16. The Bertz CT molecular complexity index is 273. The first-order chi connectivity index (χ1) is 7.70. The Morgan fingerprint density at radius 3 is 2.75 bits per heavy atom. The number of hydrogen-bond acceptors (Lipinski definition) is 3. The minimum Gasteiger partial charge on any atom is -0.379 e. The molecule has 0 saturated carbocycles. The smallest absolute Gasteiger partial charge is 0.0754 e. The van der Waals surface area contributed by atoms with Crippen molar-refractivity contribution in [1.29, 1.82) is 0 Å². The van der Waals surface area contributed by atoms with Crippen LogP contribution in [0.1, 0.15) is 27.2 Å². The van der Waals surface area contributed by atoms with Crippen molar-refractivity contribution in [3.63, 3.8) is 0 Å². The van der Waals surface area contributed by atoms with Crippen LogP contribution in [0.5, 0.6) is 0 Å². The molecule has 3 nitrogen and oxygen atoms in total. The Hall–Kier alpha value is -0.540. The summed E-state index contributed by atoms with van der Waals surface area (Å²) in [5, 5.41) is 0. The number of fused-ring (bicyclic) bond motifs is 1. The first-order valence-electron chi connectivity index (χ1n) is 6.32. The summed E-state index contributed by atoms with van der Waals surface area (Å²) >= 11 is 0. The van der Waals surface area contributed by atoms with Crippen molar-refractivity contribution in [3.8, 4) is 0 Å². The van der Waals surface area contributed by atoms with Gasteiger partial charge >= 0.3 is 0 Å². The molecule has 0 spiro atoms. The monoisotopic (exact) mass is 225 g/mol. The summed E-state index contributed by atoms with van der Waals surface area (Å²) in [6, 6.07) is 0.416. The third-order valence-electron chi connectivity index (χ3n) is 3.60. The van der Waals surface area contributed by atoms with Crippen molar-refractivity contribution in [2.45, 2.75) is 33.2 Å². The largest absolute Gasteiger partial charge is 0.379 e. The highest BCUT2D eigenvalue weighted by Crippen LogP contribution is 2.25. The third kappa shape index (κ3) is 2.41. The van der Waals surface area contributed by atoms with Crippen LogP contribution in [-0.2, 0) is 9.47 Å². The fourth-order valence-electron chi connectivity index (χ4n) is 2.59. The summed E-state index contributed by atoms with van der Waals surface area (Å²) in [5.41, 5.74) is 2.87. The zero-order valence-electron chi connectivity index (χ0n) is 10.7. The highest BCUT2D eigenvalue weighted by Gasteiger charge is 2.27. The van der Waals surface area contributed by atoms with E-state index in [2.05, 4.69) is 25.7 Å². The van der Waals surface area contributed by atoms with Crippen LogP contribution in [0.4, 0.5) is 0 Å². The van der Waals surface area contributed by atoms with Gasteiger partial charge in [-0.25, -0.2) is 0 Å². The molecule has 2 heterocycles. The Morgan fingerprint density at radius 1 is 1.25 bits per heavy atom. The van der Waals surface area contributed by atoms with E-state index in [9.17, 15) is 0 Å². The van der Waals surface area contributed by atoms with Crippen molar-refractivity contribution in [2.24, 2.45) is 5.92 Å². The topological polar surface area (TPSA) is 21.7 Å². The predicted molar refractivity (Wildman–Crippen MR) is 64.3 cm³/mol. The number of rotatable bonds is 1. The second-order valence-corrected chi connectivity index (χ2v) is 5.06. The van der Waals surface area contributed by atoms with Gasteiger partial charge in [-0.05, 0) is 24.8 Å². The van der Waals surface area contributed by atoms with Gasteiger partial charge in [0.1, 0.15) is 0 Å². The Balaban J connectivity index is 2.23. The van der Waals surface area contributed by atoms with Crippen LogP contribution < -0.4 is 0 Å². The van der Waals surface area contributed by atoms with Gasteiger partial charge < -0.3 is 14.4 Å². The molecule has 2 aliphatic rings. The van der Waals surface area contributed by atoms with E-state index in [0.29, 0.717) is 12.0 Å². The molecule has 0 aliphatic carbocycles. The molecule has 0 radical (unpaired) electrons. The fourth-order valence-corrected chi connectivity index (χ4v) is 2.59. The second kappa shape index (κ2) is 5.19. The molecule has 0 amide bonds. The second-order valence-electron chi connectivity index (χ2n) is 5.06. The molecule has 2 rings (SSSR count). The molecule has 3 heteroatoms. The van der Waals surface area contributed by atoms with Gasteiger partial charge in [-0.3, -0.25) is 0 Å². The van der Waals surface area contributed by atoms with Crippen LogP contribution in [0.25, 0.3) is 0 Å². The average molecular weight is 225 g/mol. The van der Waals surface area contributed by atoms with Gasteiger partial charge in [0.15, 0.2) is 0 Å². The summed E-state index contributed by atoms with van der Waals surface area (Å²) in [5.74, 6) is 0.572. The Morgan fingerprint density at radius 2 is 2.00 bits per heavy atom. The minimum atomic E-state index is 0.416. The molecule has 0 aromatic rings. The lowest BCUT2D eigenvalue weighted by molar-refractivity contribution is 0.0562. The molecule has 0 aromatic carbocycles. The van der Waals surface area contributed by atoms with Crippen LogP contribution in [0.3, 0.4) is 0 Å². The van der Waals surface area contributed by atoms with Crippen LogP contribution in [-0.4, -0.2) is 43.9 Å². The van der Waals surface area contributed by atoms with E-state index in [1.165, 1.54) is 11.3 Å². The molecule has 16 heavy (non-hydrogen) atoms. The van der Waals surface area contributed by atoms with E-state index in [1.807, 2.05) is 0 Å². The Kier molecular flexibility index (Phi) is 3.87. The quantitative estimate of drug-likeness (QED) is 0.681. The summed E-state index contributed by atoms with van der Waals surface area (Å²) in [4.78, 5) is 2.50. The molecule has 92 valence electrons. The van der Waals surface area contributed by atoms with Gasteiger partial charge in [0.05, 0.1) is 25.9 Å². The number of allylic oxidation sites excluding steroid dienone is 1. The van der Waals surface area contributed by atoms with Gasteiger partial charge in [-0.1, -0.05) is 13.8 Å². The van der Waals surface area contributed by atoms with E-state index in [-0.39, 0.29) is 0 Å². The summed E-state index contributed by atoms with van der Waals surface area (Å²) in [6.07, 6.45) is 1.12. The van der Waals surface area contributed by atoms with E-state index in [0.717, 1.165) is 39.4 Å². The molecule has 0 N–H and O–H groups in total. The molecule has 1 saturated heterocycles. The lowest BCUT2D eigenvalue weighted by Crippen LogP contribution is -2.38. The van der Waals surface area contributed by atoms with Crippen molar-refractivity contribution in [1.82, 2.24) is 4.90 Å².